The molecule has 0 aliphatic heterocycles. The average molecular weight is 277 g/mol. The van der Waals surface area contributed by atoms with Gasteiger partial charge in [-0.2, -0.15) is 0 Å². The predicted octanol–water partition coefficient (Wildman–Crippen LogP) is 1.21. The Hall–Kier alpha value is -1.55. The van der Waals surface area contributed by atoms with Crippen molar-refractivity contribution in [1.82, 2.24) is 5.32 Å². The number of quaternary nitrogens is 1. The quantitative estimate of drug-likeness (QED) is 0.821. The minimum absolute atomic E-state index is 0.0986. The molecule has 1 fully saturated rings. The van der Waals surface area contributed by atoms with Crippen LogP contribution >= 0.6 is 0 Å². The number of rotatable bonds is 6. The van der Waals surface area contributed by atoms with Gasteiger partial charge in [-0.3, -0.25) is 4.79 Å². The highest BCUT2D eigenvalue weighted by Crippen LogP contribution is 2.16. The highest BCUT2D eigenvalue weighted by atomic mass is 16.5. The van der Waals surface area contributed by atoms with Crippen molar-refractivity contribution in [3.8, 4) is 5.75 Å². The standard InChI is InChI=1S/C16H24N2O2/c1-20-15-10-6-5-7-13(15)11-18-16(19)12-17-14-8-3-2-4-9-14/h5-7,10,14,17H,2-4,8-9,11-12H2,1H3,(H,18,19)/p+1. The van der Waals surface area contributed by atoms with Crippen molar-refractivity contribution in [2.75, 3.05) is 13.7 Å². The van der Waals surface area contributed by atoms with Crippen molar-refractivity contribution in [1.29, 1.82) is 0 Å². The van der Waals surface area contributed by atoms with Gasteiger partial charge in [-0.1, -0.05) is 24.6 Å². The molecule has 1 amide bonds. The maximum Gasteiger partial charge on any atom is 0.275 e. The van der Waals surface area contributed by atoms with Gasteiger partial charge in [-0.25, -0.2) is 0 Å². The summed E-state index contributed by atoms with van der Waals surface area (Å²) in [6, 6.07) is 8.42. The van der Waals surface area contributed by atoms with Crippen molar-refractivity contribution in [3.05, 3.63) is 29.8 Å². The molecule has 110 valence electrons. The second-order valence-electron chi connectivity index (χ2n) is 5.43. The normalized spacial score (nSPS) is 15.8. The first kappa shape index (κ1) is 14.9. The monoisotopic (exact) mass is 277 g/mol. The van der Waals surface area contributed by atoms with Crippen molar-refractivity contribution in [3.63, 3.8) is 0 Å². The van der Waals surface area contributed by atoms with E-state index in [0.29, 0.717) is 19.1 Å². The van der Waals surface area contributed by atoms with E-state index in [9.17, 15) is 4.79 Å². The molecule has 2 rings (SSSR count). The predicted molar refractivity (Wildman–Crippen MR) is 78.5 cm³/mol. The van der Waals surface area contributed by atoms with Crippen LogP contribution < -0.4 is 15.4 Å². The summed E-state index contributed by atoms with van der Waals surface area (Å²) in [6.45, 7) is 1.06. The van der Waals surface area contributed by atoms with E-state index in [1.165, 1.54) is 32.1 Å². The third-order valence-electron chi connectivity index (χ3n) is 3.95. The molecule has 0 aromatic heterocycles. The molecule has 4 heteroatoms. The van der Waals surface area contributed by atoms with Gasteiger partial charge in [-0.05, 0) is 31.7 Å². The zero-order valence-electron chi connectivity index (χ0n) is 12.2. The van der Waals surface area contributed by atoms with Gasteiger partial charge in [-0.15, -0.1) is 0 Å². The Morgan fingerprint density at radius 2 is 2.05 bits per heavy atom. The van der Waals surface area contributed by atoms with Crippen LogP contribution in [0.4, 0.5) is 0 Å². The molecule has 1 saturated carbocycles. The minimum atomic E-state index is 0.0986. The fourth-order valence-corrected chi connectivity index (χ4v) is 2.76. The van der Waals surface area contributed by atoms with Gasteiger partial charge in [0.1, 0.15) is 5.75 Å². The molecule has 0 saturated heterocycles. The van der Waals surface area contributed by atoms with Gasteiger partial charge in [0.15, 0.2) is 6.54 Å². The number of hydrogen-bond donors (Lipinski definition) is 2. The number of amides is 1. The number of methoxy groups -OCH3 is 1. The van der Waals surface area contributed by atoms with Crippen LogP contribution in [0.2, 0.25) is 0 Å². The fraction of sp³-hybridized carbons (Fsp3) is 0.562. The van der Waals surface area contributed by atoms with Crippen molar-refractivity contribution in [2.24, 2.45) is 0 Å². The third kappa shape index (κ3) is 4.53. The number of ether oxygens (including phenoxy) is 1. The van der Waals surface area contributed by atoms with Crippen LogP contribution in [0.5, 0.6) is 5.75 Å². The molecule has 1 aliphatic carbocycles. The van der Waals surface area contributed by atoms with Gasteiger partial charge in [0.05, 0.1) is 13.2 Å². The Morgan fingerprint density at radius 1 is 1.30 bits per heavy atom. The Balaban J connectivity index is 1.71. The van der Waals surface area contributed by atoms with E-state index in [1.807, 2.05) is 24.3 Å². The third-order valence-corrected chi connectivity index (χ3v) is 3.95. The van der Waals surface area contributed by atoms with Crippen LogP contribution in [0.1, 0.15) is 37.7 Å². The lowest BCUT2D eigenvalue weighted by molar-refractivity contribution is -0.681. The first-order valence-electron chi connectivity index (χ1n) is 7.51. The van der Waals surface area contributed by atoms with Crippen LogP contribution in [0.3, 0.4) is 0 Å². The average Bonchev–Trinajstić information content (AvgIpc) is 2.52. The topological polar surface area (TPSA) is 54.9 Å². The summed E-state index contributed by atoms with van der Waals surface area (Å²) in [4.78, 5) is 11.9. The van der Waals surface area contributed by atoms with E-state index in [1.54, 1.807) is 7.11 Å². The lowest BCUT2D eigenvalue weighted by Gasteiger charge is -2.19. The minimum Gasteiger partial charge on any atom is -0.496 e. The zero-order chi connectivity index (χ0) is 14.2. The number of carbonyl (C=O) groups excluding carboxylic acids is 1. The van der Waals surface area contributed by atoms with Crippen LogP contribution in [0.25, 0.3) is 0 Å². The highest BCUT2D eigenvalue weighted by Gasteiger charge is 2.17. The number of nitrogens with two attached hydrogens (primary N) is 1. The molecule has 4 nitrogen and oxygen atoms in total. The molecule has 0 unspecified atom stereocenters. The number of para-hydroxylation sites is 1. The molecule has 20 heavy (non-hydrogen) atoms. The lowest BCUT2D eigenvalue weighted by Crippen LogP contribution is -2.92. The molecule has 1 aromatic rings. The van der Waals surface area contributed by atoms with Gasteiger partial charge >= 0.3 is 0 Å². The molecular formula is C16H25N2O2+. The summed E-state index contributed by atoms with van der Waals surface area (Å²) in [5, 5.41) is 5.15. The number of benzene rings is 1. The van der Waals surface area contributed by atoms with Crippen molar-refractivity contribution in [2.45, 2.75) is 44.7 Å². The van der Waals surface area contributed by atoms with E-state index in [2.05, 4.69) is 10.6 Å². The smallest absolute Gasteiger partial charge is 0.275 e. The largest absolute Gasteiger partial charge is 0.496 e. The first-order chi connectivity index (χ1) is 9.79. The fourth-order valence-electron chi connectivity index (χ4n) is 2.76. The van der Waals surface area contributed by atoms with Gasteiger partial charge < -0.3 is 15.4 Å². The van der Waals surface area contributed by atoms with E-state index in [4.69, 9.17) is 4.74 Å². The number of carbonyl (C=O) groups is 1. The second-order valence-corrected chi connectivity index (χ2v) is 5.43. The Labute approximate surface area is 120 Å². The Morgan fingerprint density at radius 3 is 2.80 bits per heavy atom. The molecule has 3 N–H and O–H groups in total. The maximum absolute atomic E-state index is 11.9. The maximum atomic E-state index is 11.9. The molecule has 0 heterocycles. The van der Waals surface area contributed by atoms with Crippen LogP contribution in [-0.4, -0.2) is 25.6 Å². The molecule has 1 aromatic carbocycles. The van der Waals surface area contributed by atoms with Gasteiger partial charge in [0, 0.05) is 12.1 Å². The molecule has 0 radical (unpaired) electrons. The Kier molecular flexibility index (Phi) is 5.87. The SMILES string of the molecule is COc1ccccc1CNC(=O)C[NH2+]C1CCCCC1. The number of hydrogen-bond acceptors (Lipinski definition) is 2. The summed E-state index contributed by atoms with van der Waals surface area (Å²) in [7, 11) is 1.65. The summed E-state index contributed by atoms with van der Waals surface area (Å²) in [5.41, 5.74) is 1.01. The molecule has 1 aliphatic rings. The Bertz CT molecular complexity index is 428. The van der Waals surface area contributed by atoms with Crippen LogP contribution in [0, 0.1) is 0 Å². The molecule has 0 atom stereocenters. The molecular weight excluding hydrogens is 252 g/mol. The molecule has 0 bridgehead atoms. The second kappa shape index (κ2) is 7.90. The zero-order valence-corrected chi connectivity index (χ0v) is 12.2. The van der Waals surface area contributed by atoms with E-state index in [0.717, 1.165) is 11.3 Å². The summed E-state index contributed by atoms with van der Waals surface area (Å²) < 4.78 is 5.27. The first-order valence-corrected chi connectivity index (χ1v) is 7.51. The van der Waals surface area contributed by atoms with Gasteiger partial charge in [0.2, 0.25) is 0 Å². The summed E-state index contributed by atoms with van der Waals surface area (Å²) in [6.07, 6.45) is 6.47. The van der Waals surface area contributed by atoms with E-state index < -0.39 is 0 Å². The lowest BCUT2D eigenvalue weighted by atomic mass is 9.95. The van der Waals surface area contributed by atoms with E-state index >= 15 is 0 Å². The molecule has 0 spiro atoms. The van der Waals surface area contributed by atoms with Crippen LogP contribution in [-0.2, 0) is 11.3 Å². The summed E-state index contributed by atoms with van der Waals surface area (Å²) >= 11 is 0. The summed E-state index contributed by atoms with van der Waals surface area (Å²) in [5.74, 6) is 0.922. The van der Waals surface area contributed by atoms with Crippen LogP contribution in [0.15, 0.2) is 24.3 Å². The number of nitrogens with one attached hydrogen (secondary N) is 1. The van der Waals surface area contributed by atoms with Crippen molar-refractivity contribution >= 4 is 5.91 Å². The highest BCUT2D eigenvalue weighted by molar-refractivity contribution is 5.76. The van der Waals surface area contributed by atoms with Gasteiger partial charge in [0.25, 0.3) is 5.91 Å². The van der Waals surface area contributed by atoms with Crippen molar-refractivity contribution < 1.29 is 14.8 Å². The van der Waals surface area contributed by atoms with E-state index in [-0.39, 0.29) is 5.91 Å².